The molecule has 0 saturated heterocycles. The Hall–Kier alpha value is -3.73. The number of amides is 1. The first-order valence-corrected chi connectivity index (χ1v) is 9.06. The van der Waals surface area contributed by atoms with E-state index in [-0.39, 0.29) is 11.7 Å². The summed E-state index contributed by atoms with van der Waals surface area (Å²) in [5, 5.41) is 11.8. The summed E-state index contributed by atoms with van der Waals surface area (Å²) in [4.78, 5) is 23.6. The van der Waals surface area contributed by atoms with Gasteiger partial charge in [0.05, 0.1) is 0 Å². The highest BCUT2D eigenvalue weighted by Gasteiger charge is 2.10. The van der Waals surface area contributed by atoms with Crippen molar-refractivity contribution in [3.63, 3.8) is 0 Å². The van der Waals surface area contributed by atoms with Gasteiger partial charge in [0, 0.05) is 18.2 Å². The second-order valence-electron chi connectivity index (χ2n) is 6.69. The Morgan fingerprint density at radius 2 is 1.76 bits per heavy atom. The van der Waals surface area contributed by atoms with Gasteiger partial charge in [-0.3, -0.25) is 4.79 Å². The van der Waals surface area contributed by atoms with Crippen molar-refractivity contribution in [1.82, 2.24) is 5.32 Å². The molecule has 0 atom stereocenters. The van der Waals surface area contributed by atoms with Crippen molar-refractivity contribution in [2.24, 2.45) is 0 Å². The van der Waals surface area contributed by atoms with Gasteiger partial charge < -0.3 is 10.4 Å². The predicted octanol–water partition coefficient (Wildman–Crippen LogP) is 4.83. The van der Waals surface area contributed by atoms with Crippen LogP contribution in [0.5, 0.6) is 0 Å². The van der Waals surface area contributed by atoms with E-state index in [0.29, 0.717) is 28.8 Å². The van der Waals surface area contributed by atoms with E-state index in [4.69, 9.17) is 5.11 Å². The molecule has 4 nitrogen and oxygen atoms in total. The van der Waals surface area contributed by atoms with Gasteiger partial charge in [0.2, 0.25) is 0 Å². The van der Waals surface area contributed by atoms with Crippen LogP contribution in [0.4, 0.5) is 4.39 Å². The van der Waals surface area contributed by atoms with Gasteiger partial charge in [0.1, 0.15) is 5.82 Å². The number of carboxylic acids is 1. The minimum absolute atomic E-state index is 0.297. The quantitative estimate of drug-likeness (QED) is 0.594. The molecule has 0 aliphatic rings. The molecule has 0 spiro atoms. The SMILES string of the molecule is Cc1ccc(CNC(=O)c2cc(/C=C/C(=O)O)cc(-c3cccc(F)c3)c2)cc1. The van der Waals surface area contributed by atoms with E-state index in [9.17, 15) is 14.0 Å². The fourth-order valence-corrected chi connectivity index (χ4v) is 2.87. The molecule has 3 aromatic carbocycles. The van der Waals surface area contributed by atoms with E-state index in [2.05, 4.69) is 5.32 Å². The summed E-state index contributed by atoms with van der Waals surface area (Å²) >= 11 is 0. The summed E-state index contributed by atoms with van der Waals surface area (Å²) in [6.07, 6.45) is 2.40. The van der Waals surface area contributed by atoms with Crippen LogP contribution in [0.25, 0.3) is 17.2 Å². The molecule has 0 aliphatic carbocycles. The number of carbonyl (C=O) groups is 2. The number of nitrogens with one attached hydrogen (secondary N) is 1. The van der Waals surface area contributed by atoms with Crippen molar-refractivity contribution in [3.8, 4) is 11.1 Å². The maximum Gasteiger partial charge on any atom is 0.328 e. The number of aryl methyl sites for hydroxylation is 1. The Morgan fingerprint density at radius 3 is 2.45 bits per heavy atom. The summed E-state index contributed by atoms with van der Waals surface area (Å²) < 4.78 is 13.6. The lowest BCUT2D eigenvalue weighted by atomic mass is 9.99. The number of carboxylic acid groups (broad SMARTS) is 1. The Morgan fingerprint density at radius 1 is 1.00 bits per heavy atom. The van der Waals surface area contributed by atoms with Crippen molar-refractivity contribution < 1.29 is 19.1 Å². The van der Waals surface area contributed by atoms with Crippen LogP contribution in [0, 0.1) is 12.7 Å². The van der Waals surface area contributed by atoms with Crippen LogP contribution in [0.3, 0.4) is 0 Å². The molecule has 0 fully saturated rings. The van der Waals surface area contributed by atoms with Crippen LogP contribution in [0.15, 0.2) is 72.8 Å². The first-order chi connectivity index (χ1) is 13.9. The summed E-state index contributed by atoms with van der Waals surface area (Å²) in [6.45, 7) is 2.36. The Kier molecular flexibility index (Phi) is 6.19. The molecule has 0 aliphatic heterocycles. The monoisotopic (exact) mass is 389 g/mol. The largest absolute Gasteiger partial charge is 0.478 e. The average molecular weight is 389 g/mol. The number of rotatable bonds is 6. The highest BCUT2D eigenvalue weighted by molar-refractivity contribution is 5.96. The molecule has 3 aromatic rings. The minimum atomic E-state index is -1.09. The third-order valence-corrected chi connectivity index (χ3v) is 4.37. The molecule has 0 saturated carbocycles. The maximum absolute atomic E-state index is 13.6. The van der Waals surface area contributed by atoms with Gasteiger partial charge >= 0.3 is 5.97 Å². The third kappa shape index (κ3) is 5.62. The van der Waals surface area contributed by atoms with E-state index in [1.54, 1.807) is 30.3 Å². The van der Waals surface area contributed by atoms with Crippen molar-refractivity contribution >= 4 is 18.0 Å². The van der Waals surface area contributed by atoms with Gasteiger partial charge in [0.15, 0.2) is 0 Å². The molecule has 0 radical (unpaired) electrons. The molecule has 2 N–H and O–H groups in total. The predicted molar refractivity (Wildman–Crippen MR) is 111 cm³/mol. The summed E-state index contributed by atoms with van der Waals surface area (Å²) in [7, 11) is 0. The molecule has 1 amide bonds. The molecule has 0 heterocycles. The number of hydrogen-bond acceptors (Lipinski definition) is 2. The standard InChI is InChI=1S/C24H20FNO3/c1-16-5-7-17(8-6-16)15-26-24(29)21-12-18(9-10-23(27)28)11-20(13-21)19-3-2-4-22(25)14-19/h2-14H,15H2,1H3,(H,26,29)(H,27,28)/b10-9+. The fourth-order valence-electron chi connectivity index (χ4n) is 2.87. The minimum Gasteiger partial charge on any atom is -0.478 e. The second kappa shape index (κ2) is 8.97. The summed E-state index contributed by atoms with van der Waals surface area (Å²) in [5.41, 5.74) is 4.23. The second-order valence-corrected chi connectivity index (χ2v) is 6.69. The molecular weight excluding hydrogens is 369 g/mol. The molecule has 0 unspecified atom stereocenters. The van der Waals surface area contributed by atoms with E-state index in [1.807, 2.05) is 31.2 Å². The molecule has 146 valence electrons. The van der Waals surface area contributed by atoms with Crippen LogP contribution in [-0.2, 0) is 11.3 Å². The lowest BCUT2D eigenvalue weighted by Crippen LogP contribution is -2.22. The van der Waals surface area contributed by atoms with Crippen molar-refractivity contribution in [2.45, 2.75) is 13.5 Å². The normalized spacial score (nSPS) is 10.8. The highest BCUT2D eigenvalue weighted by atomic mass is 19.1. The van der Waals surface area contributed by atoms with Crippen LogP contribution in [0.2, 0.25) is 0 Å². The van der Waals surface area contributed by atoms with E-state index < -0.39 is 5.97 Å². The number of benzene rings is 3. The van der Waals surface area contributed by atoms with Crippen LogP contribution in [-0.4, -0.2) is 17.0 Å². The molecular formula is C24H20FNO3. The number of halogens is 1. The summed E-state index contributed by atoms with van der Waals surface area (Å²) in [6, 6.07) is 18.8. The first kappa shape index (κ1) is 20.0. The lowest BCUT2D eigenvalue weighted by Gasteiger charge is -2.10. The van der Waals surface area contributed by atoms with Crippen LogP contribution < -0.4 is 5.32 Å². The number of hydrogen-bond donors (Lipinski definition) is 2. The van der Waals surface area contributed by atoms with Crippen molar-refractivity contribution in [2.75, 3.05) is 0 Å². The molecule has 0 aromatic heterocycles. The lowest BCUT2D eigenvalue weighted by molar-refractivity contribution is -0.131. The molecule has 0 bridgehead atoms. The Balaban J connectivity index is 1.90. The maximum atomic E-state index is 13.6. The zero-order valence-electron chi connectivity index (χ0n) is 15.9. The first-order valence-electron chi connectivity index (χ1n) is 9.06. The molecule has 3 rings (SSSR count). The zero-order valence-corrected chi connectivity index (χ0v) is 15.9. The third-order valence-electron chi connectivity index (χ3n) is 4.37. The molecule has 29 heavy (non-hydrogen) atoms. The highest BCUT2D eigenvalue weighted by Crippen LogP contribution is 2.24. The smallest absolute Gasteiger partial charge is 0.328 e. The summed E-state index contributed by atoms with van der Waals surface area (Å²) in [5.74, 6) is -1.78. The van der Waals surface area contributed by atoms with E-state index in [1.165, 1.54) is 18.2 Å². The van der Waals surface area contributed by atoms with Crippen molar-refractivity contribution in [1.29, 1.82) is 0 Å². The van der Waals surface area contributed by atoms with Gasteiger partial charge in [-0.2, -0.15) is 0 Å². The van der Waals surface area contributed by atoms with Crippen LogP contribution >= 0.6 is 0 Å². The number of carbonyl (C=O) groups excluding carboxylic acids is 1. The van der Waals surface area contributed by atoms with Gasteiger partial charge in [-0.05, 0) is 65.6 Å². The van der Waals surface area contributed by atoms with Gasteiger partial charge in [-0.1, -0.05) is 42.0 Å². The van der Waals surface area contributed by atoms with Gasteiger partial charge in [-0.25, -0.2) is 9.18 Å². The van der Waals surface area contributed by atoms with Crippen molar-refractivity contribution in [3.05, 3.63) is 101 Å². The fraction of sp³-hybridized carbons (Fsp3) is 0.0833. The number of aliphatic carboxylic acids is 1. The Labute approximate surface area is 168 Å². The van der Waals surface area contributed by atoms with Gasteiger partial charge in [-0.15, -0.1) is 0 Å². The van der Waals surface area contributed by atoms with E-state index >= 15 is 0 Å². The van der Waals surface area contributed by atoms with Crippen LogP contribution in [0.1, 0.15) is 27.0 Å². The van der Waals surface area contributed by atoms with Gasteiger partial charge in [0.25, 0.3) is 5.91 Å². The Bertz CT molecular complexity index is 1070. The molecule has 5 heteroatoms. The zero-order chi connectivity index (χ0) is 20.8. The average Bonchev–Trinajstić information content (AvgIpc) is 2.71. The topological polar surface area (TPSA) is 66.4 Å². The van der Waals surface area contributed by atoms with E-state index in [0.717, 1.165) is 17.2 Å².